The standard InChI is InChI=1S/C28H26N2O6/c31-24-14-30(15-25(32)35-16-18-8-2-1-3-9-18)27(33)26(24)29-28(34)36-17-23-21-12-6-4-10-19(21)20-11-5-7-13-22(20)23/h1-13,23-24,26,31H,14-17H2,(H,29,34)/t24?,26-/m0/s1. The second kappa shape index (κ2) is 10.2. The molecule has 1 unspecified atom stereocenters. The van der Waals surface area contributed by atoms with Crippen molar-refractivity contribution in [1.82, 2.24) is 10.2 Å². The van der Waals surface area contributed by atoms with Crippen LogP contribution in [0.4, 0.5) is 4.79 Å². The molecule has 1 saturated heterocycles. The SMILES string of the molecule is O=C(CN1CC(O)[C@H](NC(=O)OCC2c3ccccc3-c3ccccc32)C1=O)OCc1ccccc1. The maximum Gasteiger partial charge on any atom is 0.407 e. The largest absolute Gasteiger partial charge is 0.459 e. The van der Waals surface area contributed by atoms with Gasteiger partial charge < -0.3 is 24.8 Å². The molecular weight excluding hydrogens is 460 g/mol. The number of nitrogens with one attached hydrogen (secondary N) is 1. The van der Waals surface area contributed by atoms with Crippen LogP contribution in [-0.4, -0.2) is 59.8 Å². The summed E-state index contributed by atoms with van der Waals surface area (Å²) in [6.07, 6.45) is -1.97. The smallest absolute Gasteiger partial charge is 0.407 e. The molecule has 184 valence electrons. The lowest BCUT2D eigenvalue weighted by atomic mass is 9.98. The van der Waals surface area contributed by atoms with Gasteiger partial charge in [0.2, 0.25) is 5.91 Å². The van der Waals surface area contributed by atoms with E-state index in [1.165, 1.54) is 4.90 Å². The molecule has 8 heteroatoms. The summed E-state index contributed by atoms with van der Waals surface area (Å²) in [4.78, 5) is 38.7. The van der Waals surface area contributed by atoms with E-state index < -0.39 is 30.1 Å². The summed E-state index contributed by atoms with van der Waals surface area (Å²) in [7, 11) is 0. The van der Waals surface area contributed by atoms with Crippen molar-refractivity contribution in [2.75, 3.05) is 19.7 Å². The van der Waals surface area contributed by atoms with Crippen molar-refractivity contribution in [3.05, 3.63) is 95.6 Å². The highest BCUT2D eigenvalue weighted by Crippen LogP contribution is 2.44. The van der Waals surface area contributed by atoms with Crippen LogP contribution in [0.25, 0.3) is 11.1 Å². The number of fused-ring (bicyclic) bond motifs is 3. The minimum atomic E-state index is -1.19. The van der Waals surface area contributed by atoms with Gasteiger partial charge in [-0.25, -0.2) is 4.79 Å². The predicted octanol–water partition coefficient (Wildman–Crippen LogP) is 2.84. The van der Waals surface area contributed by atoms with E-state index in [4.69, 9.17) is 9.47 Å². The van der Waals surface area contributed by atoms with Gasteiger partial charge in [-0.3, -0.25) is 9.59 Å². The molecule has 0 bridgehead atoms. The lowest BCUT2D eigenvalue weighted by molar-refractivity contribution is -0.149. The van der Waals surface area contributed by atoms with E-state index in [0.29, 0.717) is 0 Å². The highest BCUT2D eigenvalue weighted by Gasteiger charge is 2.42. The summed E-state index contributed by atoms with van der Waals surface area (Å²) in [5, 5.41) is 12.8. The van der Waals surface area contributed by atoms with Gasteiger partial charge in [0.15, 0.2) is 0 Å². The second-order valence-corrected chi connectivity index (χ2v) is 8.88. The molecule has 36 heavy (non-hydrogen) atoms. The average Bonchev–Trinajstić information content (AvgIpc) is 3.35. The summed E-state index contributed by atoms with van der Waals surface area (Å²) in [5.41, 5.74) is 5.19. The summed E-state index contributed by atoms with van der Waals surface area (Å²) in [6, 6.07) is 24.0. The monoisotopic (exact) mass is 486 g/mol. The fourth-order valence-electron chi connectivity index (χ4n) is 4.79. The first-order valence-corrected chi connectivity index (χ1v) is 11.8. The van der Waals surface area contributed by atoms with Crippen LogP contribution >= 0.6 is 0 Å². The van der Waals surface area contributed by atoms with E-state index in [-0.39, 0.29) is 32.2 Å². The van der Waals surface area contributed by atoms with Crippen LogP contribution in [0.2, 0.25) is 0 Å². The van der Waals surface area contributed by atoms with Gasteiger partial charge in [-0.2, -0.15) is 0 Å². The number of aliphatic hydroxyl groups excluding tert-OH is 1. The van der Waals surface area contributed by atoms with E-state index in [2.05, 4.69) is 5.32 Å². The Morgan fingerprint density at radius 1 is 0.889 bits per heavy atom. The maximum atomic E-state index is 12.7. The number of esters is 1. The van der Waals surface area contributed by atoms with Crippen molar-refractivity contribution in [1.29, 1.82) is 0 Å². The minimum Gasteiger partial charge on any atom is -0.459 e. The zero-order chi connectivity index (χ0) is 25.1. The molecular formula is C28H26N2O6. The van der Waals surface area contributed by atoms with Crippen LogP contribution in [0.5, 0.6) is 0 Å². The zero-order valence-corrected chi connectivity index (χ0v) is 19.5. The Bertz CT molecular complexity index is 1230. The van der Waals surface area contributed by atoms with Crippen LogP contribution in [0.3, 0.4) is 0 Å². The number of hydrogen-bond acceptors (Lipinski definition) is 6. The van der Waals surface area contributed by atoms with Gasteiger partial charge in [0, 0.05) is 12.5 Å². The number of amides is 2. The first-order chi connectivity index (χ1) is 17.5. The topological polar surface area (TPSA) is 105 Å². The van der Waals surface area contributed by atoms with Crippen LogP contribution in [0.15, 0.2) is 78.9 Å². The van der Waals surface area contributed by atoms with E-state index in [9.17, 15) is 19.5 Å². The third kappa shape index (κ3) is 4.81. The summed E-state index contributed by atoms with van der Waals surface area (Å²) < 4.78 is 10.7. The van der Waals surface area contributed by atoms with Crippen molar-refractivity contribution < 1.29 is 29.0 Å². The van der Waals surface area contributed by atoms with Gasteiger partial charge in [-0.1, -0.05) is 78.9 Å². The minimum absolute atomic E-state index is 0.0890. The molecule has 8 nitrogen and oxygen atoms in total. The van der Waals surface area contributed by atoms with E-state index in [1.807, 2.05) is 78.9 Å². The number of nitrogens with zero attached hydrogens (tertiary/aromatic N) is 1. The highest BCUT2D eigenvalue weighted by molar-refractivity contribution is 5.91. The zero-order valence-electron chi connectivity index (χ0n) is 19.5. The third-order valence-electron chi connectivity index (χ3n) is 6.55. The summed E-state index contributed by atoms with van der Waals surface area (Å²) in [5.74, 6) is -1.28. The van der Waals surface area contributed by atoms with E-state index in [0.717, 1.165) is 27.8 Å². The maximum absolute atomic E-state index is 12.7. The molecule has 0 radical (unpaired) electrons. The number of carbonyl (C=O) groups excluding carboxylic acids is 3. The van der Waals surface area contributed by atoms with Crippen molar-refractivity contribution in [3.8, 4) is 11.1 Å². The van der Waals surface area contributed by atoms with E-state index in [1.54, 1.807) is 0 Å². The molecule has 5 rings (SSSR count). The lowest BCUT2D eigenvalue weighted by Gasteiger charge is -2.18. The quantitative estimate of drug-likeness (QED) is 0.498. The van der Waals surface area contributed by atoms with Gasteiger partial charge in [-0.15, -0.1) is 0 Å². The molecule has 0 spiro atoms. The molecule has 1 aliphatic heterocycles. The first kappa shape index (κ1) is 23.6. The Labute approximate surface area is 208 Å². The Morgan fingerprint density at radius 2 is 1.50 bits per heavy atom. The Balaban J connectivity index is 1.15. The third-order valence-corrected chi connectivity index (χ3v) is 6.55. The van der Waals surface area contributed by atoms with Crippen LogP contribution < -0.4 is 5.32 Å². The van der Waals surface area contributed by atoms with Crippen LogP contribution in [0.1, 0.15) is 22.6 Å². The fourth-order valence-corrected chi connectivity index (χ4v) is 4.79. The predicted molar refractivity (Wildman–Crippen MR) is 131 cm³/mol. The molecule has 2 N–H and O–H groups in total. The van der Waals surface area contributed by atoms with Gasteiger partial charge in [0.25, 0.3) is 0 Å². The van der Waals surface area contributed by atoms with Gasteiger partial charge >= 0.3 is 12.1 Å². The van der Waals surface area contributed by atoms with Crippen LogP contribution in [0, 0.1) is 0 Å². The number of β-amino-alcohol motifs (C(OH)–C–C–N with tert-alkyl or cyclic N) is 1. The number of rotatable bonds is 7. The number of aliphatic hydroxyl groups is 1. The van der Waals surface area contributed by atoms with Crippen molar-refractivity contribution >= 4 is 18.0 Å². The van der Waals surface area contributed by atoms with Gasteiger partial charge in [0.05, 0.1) is 0 Å². The molecule has 0 aromatic heterocycles. The summed E-state index contributed by atoms with van der Waals surface area (Å²) in [6.45, 7) is -0.225. The number of likely N-dealkylation sites (tertiary alicyclic amines) is 1. The average molecular weight is 487 g/mol. The number of carbonyl (C=O) groups is 3. The molecule has 3 aromatic rings. The number of benzene rings is 3. The summed E-state index contributed by atoms with van der Waals surface area (Å²) >= 11 is 0. The number of ether oxygens (including phenoxy) is 2. The van der Waals surface area contributed by atoms with Gasteiger partial charge in [-0.05, 0) is 27.8 Å². The molecule has 0 saturated carbocycles. The number of hydrogen-bond donors (Lipinski definition) is 2. The Hall–Kier alpha value is -4.17. The van der Waals surface area contributed by atoms with Crippen molar-refractivity contribution in [3.63, 3.8) is 0 Å². The van der Waals surface area contributed by atoms with Crippen molar-refractivity contribution in [2.45, 2.75) is 24.7 Å². The lowest BCUT2D eigenvalue weighted by Crippen LogP contribution is -2.46. The molecule has 2 atom stereocenters. The molecule has 2 amide bonds. The highest BCUT2D eigenvalue weighted by atomic mass is 16.5. The Kier molecular flexibility index (Phi) is 6.69. The number of alkyl carbamates (subject to hydrolysis) is 1. The normalized spacial score (nSPS) is 18.5. The first-order valence-electron chi connectivity index (χ1n) is 11.8. The molecule has 3 aromatic carbocycles. The van der Waals surface area contributed by atoms with Gasteiger partial charge in [0.1, 0.15) is 31.9 Å². The van der Waals surface area contributed by atoms with E-state index >= 15 is 0 Å². The second-order valence-electron chi connectivity index (χ2n) is 8.88. The molecule has 1 heterocycles. The molecule has 1 fully saturated rings. The van der Waals surface area contributed by atoms with Crippen molar-refractivity contribution in [2.24, 2.45) is 0 Å². The molecule has 1 aliphatic carbocycles. The Morgan fingerprint density at radius 3 is 2.17 bits per heavy atom. The molecule has 2 aliphatic rings. The fraction of sp³-hybridized carbons (Fsp3) is 0.250. The van der Waals surface area contributed by atoms with Crippen LogP contribution in [-0.2, 0) is 25.7 Å².